The van der Waals surface area contributed by atoms with Gasteiger partial charge in [-0.25, -0.2) is 0 Å². The molecule has 1 aliphatic heterocycles. The highest BCUT2D eigenvalue weighted by Gasteiger charge is 2.48. The van der Waals surface area contributed by atoms with E-state index in [4.69, 9.17) is 9.47 Å². The van der Waals surface area contributed by atoms with Crippen molar-refractivity contribution in [1.29, 1.82) is 0 Å². The lowest BCUT2D eigenvalue weighted by Gasteiger charge is -2.43. The summed E-state index contributed by atoms with van der Waals surface area (Å²) in [6.07, 6.45) is 0. The second-order valence-corrected chi connectivity index (χ2v) is 8.36. The first-order valence-electron chi connectivity index (χ1n) is 9.85. The van der Waals surface area contributed by atoms with Crippen LogP contribution in [0.3, 0.4) is 0 Å². The van der Waals surface area contributed by atoms with Crippen molar-refractivity contribution in [3.8, 4) is 16.3 Å². The maximum absolute atomic E-state index is 13.6. The molecule has 31 heavy (non-hydrogen) atoms. The van der Waals surface area contributed by atoms with Crippen LogP contribution in [0.5, 0.6) is 5.75 Å². The molecule has 0 radical (unpaired) electrons. The van der Waals surface area contributed by atoms with Crippen LogP contribution in [0.2, 0.25) is 0 Å². The molecule has 1 atom stereocenters. The van der Waals surface area contributed by atoms with Crippen LogP contribution in [0.15, 0.2) is 47.8 Å². The van der Waals surface area contributed by atoms with Crippen LogP contribution in [0, 0.1) is 0 Å². The molecule has 4 rings (SSSR count). The number of thiophene rings is 1. The van der Waals surface area contributed by atoms with Gasteiger partial charge in [-0.2, -0.15) is 5.10 Å². The molecular formula is C22H24N4O4S. The number of rotatable bonds is 7. The molecule has 3 aromatic rings. The van der Waals surface area contributed by atoms with E-state index in [-0.39, 0.29) is 18.4 Å². The monoisotopic (exact) mass is 440 g/mol. The average Bonchev–Trinajstić information content (AvgIpc) is 3.44. The molecule has 0 spiro atoms. The number of fused-ring (bicyclic) bond motifs is 1. The molecular weight excluding hydrogens is 416 g/mol. The number of amides is 2. The smallest absolute Gasteiger partial charge is 0.277 e. The van der Waals surface area contributed by atoms with E-state index in [2.05, 4.69) is 10.4 Å². The summed E-state index contributed by atoms with van der Waals surface area (Å²) in [7, 11) is 3.16. The minimum Gasteiger partial charge on any atom is -0.497 e. The first kappa shape index (κ1) is 21.1. The lowest BCUT2D eigenvalue weighted by molar-refractivity contribution is -0.126. The molecule has 3 heterocycles. The normalized spacial score (nSPS) is 18.0. The number of aromatic nitrogens is 2. The highest BCUT2D eigenvalue weighted by Crippen LogP contribution is 2.35. The first-order valence-corrected chi connectivity index (χ1v) is 10.7. The Hall–Kier alpha value is -3.17. The minimum atomic E-state index is -1.18. The number of nitrogens with zero attached hydrogens (tertiary/aromatic N) is 3. The summed E-state index contributed by atoms with van der Waals surface area (Å²) in [5.41, 5.74) is 0.601. The summed E-state index contributed by atoms with van der Waals surface area (Å²) < 4.78 is 11.9. The van der Waals surface area contributed by atoms with E-state index in [0.717, 1.165) is 10.6 Å². The van der Waals surface area contributed by atoms with Crippen molar-refractivity contribution in [3.63, 3.8) is 0 Å². The number of hydrogen-bond donors (Lipinski definition) is 1. The quantitative estimate of drug-likeness (QED) is 0.571. The number of carbonyl (C=O) groups excluding carboxylic acids is 2. The van der Waals surface area contributed by atoms with Crippen LogP contribution in [-0.4, -0.2) is 54.5 Å². The highest BCUT2D eigenvalue weighted by molar-refractivity contribution is 7.13. The number of carbonyl (C=O) groups is 2. The first-order chi connectivity index (χ1) is 15.0. The van der Waals surface area contributed by atoms with Crippen molar-refractivity contribution in [2.45, 2.75) is 19.0 Å². The zero-order valence-electron chi connectivity index (χ0n) is 17.6. The average molecular weight is 441 g/mol. The van der Waals surface area contributed by atoms with Crippen molar-refractivity contribution in [2.75, 3.05) is 32.3 Å². The Kier molecular flexibility index (Phi) is 5.79. The van der Waals surface area contributed by atoms with Crippen molar-refractivity contribution < 1.29 is 19.1 Å². The van der Waals surface area contributed by atoms with Crippen molar-refractivity contribution >= 4 is 28.8 Å². The topological polar surface area (TPSA) is 85.7 Å². The second kappa shape index (κ2) is 8.52. The third kappa shape index (κ3) is 3.82. The zero-order chi connectivity index (χ0) is 22.0. The molecule has 0 saturated heterocycles. The molecule has 8 nitrogen and oxygen atoms in total. The predicted octanol–water partition coefficient (Wildman–Crippen LogP) is 2.80. The summed E-state index contributed by atoms with van der Waals surface area (Å²) in [6, 6.07) is 12.8. The van der Waals surface area contributed by atoms with Gasteiger partial charge in [0.25, 0.3) is 5.91 Å². The second-order valence-electron chi connectivity index (χ2n) is 7.41. The standard InChI is InChI=1S/C22H24N4O4S/c1-22(21(28)23-10-11-29-2)14-25-18(13-17(24-25)19-5-4-12-31-19)20(27)26(22)15-6-8-16(30-3)9-7-15/h4-9,12-13H,10-11,14H2,1-3H3,(H,23,28)/t22-/m1/s1. The van der Waals surface area contributed by atoms with Crippen LogP contribution in [0.25, 0.3) is 10.6 Å². The lowest BCUT2D eigenvalue weighted by atomic mass is 9.94. The van der Waals surface area contributed by atoms with E-state index in [9.17, 15) is 9.59 Å². The fourth-order valence-corrected chi connectivity index (χ4v) is 4.40. The van der Waals surface area contributed by atoms with Gasteiger partial charge in [-0.15, -0.1) is 11.3 Å². The number of methoxy groups -OCH3 is 2. The molecule has 1 aliphatic rings. The number of ether oxygens (including phenoxy) is 2. The van der Waals surface area contributed by atoms with Crippen LogP contribution in [0.1, 0.15) is 17.4 Å². The Bertz CT molecular complexity index is 1080. The fourth-order valence-electron chi connectivity index (χ4n) is 3.72. The van der Waals surface area contributed by atoms with Crippen molar-refractivity contribution in [2.24, 2.45) is 0 Å². The van der Waals surface area contributed by atoms with E-state index >= 15 is 0 Å². The molecule has 0 saturated carbocycles. The SMILES string of the molecule is COCCNC(=O)[C@@]1(C)Cn2nc(-c3cccs3)cc2C(=O)N1c1ccc(OC)cc1. The van der Waals surface area contributed by atoms with Gasteiger partial charge in [0.05, 0.1) is 25.1 Å². The minimum absolute atomic E-state index is 0.226. The van der Waals surface area contributed by atoms with Crippen LogP contribution in [-0.2, 0) is 16.1 Å². The third-order valence-electron chi connectivity index (χ3n) is 5.34. The maximum atomic E-state index is 13.6. The molecule has 0 fully saturated rings. The molecule has 1 aromatic carbocycles. The predicted molar refractivity (Wildman–Crippen MR) is 119 cm³/mol. The molecule has 0 unspecified atom stereocenters. The van der Waals surface area contributed by atoms with Gasteiger partial charge in [0.15, 0.2) is 0 Å². The Balaban J connectivity index is 1.77. The number of benzene rings is 1. The Morgan fingerprint density at radius 2 is 2.03 bits per heavy atom. The van der Waals surface area contributed by atoms with Gasteiger partial charge < -0.3 is 14.8 Å². The summed E-state index contributed by atoms with van der Waals surface area (Å²) in [6.45, 7) is 2.72. The number of hydrogen-bond acceptors (Lipinski definition) is 6. The van der Waals surface area contributed by atoms with Gasteiger partial charge in [-0.05, 0) is 48.7 Å². The zero-order valence-corrected chi connectivity index (χ0v) is 18.4. The highest BCUT2D eigenvalue weighted by atomic mass is 32.1. The summed E-state index contributed by atoms with van der Waals surface area (Å²) in [5, 5.41) is 9.47. The third-order valence-corrected chi connectivity index (χ3v) is 6.23. The Labute approximate surface area is 184 Å². The largest absolute Gasteiger partial charge is 0.497 e. The fraction of sp³-hybridized carbons (Fsp3) is 0.318. The van der Waals surface area contributed by atoms with Gasteiger partial charge in [0, 0.05) is 19.3 Å². The van der Waals surface area contributed by atoms with Crippen LogP contribution in [0.4, 0.5) is 5.69 Å². The molecule has 2 amide bonds. The van der Waals surface area contributed by atoms with E-state index in [0.29, 0.717) is 30.3 Å². The van der Waals surface area contributed by atoms with Crippen LogP contribution < -0.4 is 15.0 Å². The molecule has 0 aliphatic carbocycles. The molecule has 0 bridgehead atoms. The van der Waals surface area contributed by atoms with E-state index in [1.807, 2.05) is 17.5 Å². The maximum Gasteiger partial charge on any atom is 0.277 e. The van der Waals surface area contributed by atoms with Gasteiger partial charge in [0.2, 0.25) is 5.91 Å². The van der Waals surface area contributed by atoms with Gasteiger partial charge in [-0.1, -0.05) is 6.07 Å². The van der Waals surface area contributed by atoms with Crippen molar-refractivity contribution in [3.05, 3.63) is 53.5 Å². The Morgan fingerprint density at radius 3 is 2.68 bits per heavy atom. The van der Waals surface area contributed by atoms with Gasteiger partial charge in [0.1, 0.15) is 22.7 Å². The lowest BCUT2D eigenvalue weighted by Crippen LogP contribution is -2.64. The summed E-state index contributed by atoms with van der Waals surface area (Å²) in [4.78, 5) is 29.4. The Morgan fingerprint density at radius 1 is 1.26 bits per heavy atom. The van der Waals surface area contributed by atoms with Gasteiger partial charge >= 0.3 is 0 Å². The van der Waals surface area contributed by atoms with Gasteiger partial charge in [-0.3, -0.25) is 19.2 Å². The molecule has 2 aromatic heterocycles. The van der Waals surface area contributed by atoms with Crippen LogP contribution >= 0.6 is 11.3 Å². The van der Waals surface area contributed by atoms with E-state index < -0.39 is 5.54 Å². The number of nitrogens with one attached hydrogen (secondary N) is 1. The molecule has 9 heteroatoms. The van der Waals surface area contributed by atoms with Crippen molar-refractivity contribution in [1.82, 2.24) is 15.1 Å². The number of anilines is 1. The summed E-state index contributed by atoms with van der Waals surface area (Å²) >= 11 is 1.55. The molecule has 1 N–H and O–H groups in total. The molecule has 162 valence electrons. The summed E-state index contributed by atoms with van der Waals surface area (Å²) in [5.74, 6) is 0.119. The van der Waals surface area contributed by atoms with E-state index in [1.54, 1.807) is 72.4 Å². The van der Waals surface area contributed by atoms with E-state index in [1.165, 1.54) is 0 Å².